The number of carbonyl (C=O) groups is 2. The fourth-order valence-corrected chi connectivity index (χ4v) is 2.13. The van der Waals surface area contributed by atoms with Gasteiger partial charge in [0.25, 0.3) is 5.91 Å². The van der Waals surface area contributed by atoms with E-state index in [0.717, 1.165) is 18.5 Å². The SMILES string of the molecule is CCCCNC(=O)c1ccc(NC(=O)CNc2ccccc2)cc1. The predicted octanol–water partition coefficient (Wildman–Crippen LogP) is 3.27. The second-order valence-corrected chi connectivity index (χ2v) is 5.45. The van der Waals surface area contributed by atoms with E-state index in [0.29, 0.717) is 17.8 Å². The molecule has 0 saturated heterocycles. The second-order valence-electron chi connectivity index (χ2n) is 5.45. The molecular formula is C19H23N3O2. The molecule has 0 aliphatic rings. The van der Waals surface area contributed by atoms with Crippen LogP contribution in [0.25, 0.3) is 0 Å². The third-order valence-corrected chi connectivity index (χ3v) is 3.47. The number of anilines is 2. The third-order valence-electron chi connectivity index (χ3n) is 3.47. The molecule has 0 unspecified atom stereocenters. The minimum atomic E-state index is -0.140. The molecule has 3 N–H and O–H groups in total. The Hall–Kier alpha value is -2.82. The summed E-state index contributed by atoms with van der Waals surface area (Å²) in [4.78, 5) is 23.8. The maximum Gasteiger partial charge on any atom is 0.251 e. The van der Waals surface area contributed by atoms with Crippen molar-refractivity contribution in [2.45, 2.75) is 19.8 Å². The van der Waals surface area contributed by atoms with Gasteiger partial charge in [0.15, 0.2) is 0 Å². The maximum atomic E-state index is 11.9. The zero-order valence-electron chi connectivity index (χ0n) is 13.8. The Morgan fingerprint density at radius 1 is 0.917 bits per heavy atom. The van der Waals surface area contributed by atoms with Crippen LogP contribution in [0.15, 0.2) is 54.6 Å². The summed E-state index contributed by atoms with van der Waals surface area (Å²) < 4.78 is 0. The number of rotatable bonds is 8. The molecule has 0 aliphatic heterocycles. The summed E-state index contributed by atoms with van der Waals surface area (Å²) in [6, 6.07) is 16.4. The minimum Gasteiger partial charge on any atom is -0.376 e. The van der Waals surface area contributed by atoms with Gasteiger partial charge in [0, 0.05) is 23.5 Å². The molecule has 5 heteroatoms. The van der Waals surface area contributed by atoms with Crippen LogP contribution < -0.4 is 16.0 Å². The molecule has 0 heterocycles. The highest BCUT2D eigenvalue weighted by atomic mass is 16.2. The third kappa shape index (κ3) is 5.76. The number of hydrogen-bond acceptors (Lipinski definition) is 3. The van der Waals surface area contributed by atoms with Gasteiger partial charge >= 0.3 is 0 Å². The predicted molar refractivity (Wildman–Crippen MR) is 97.2 cm³/mol. The van der Waals surface area contributed by atoms with E-state index in [-0.39, 0.29) is 18.4 Å². The fourth-order valence-electron chi connectivity index (χ4n) is 2.13. The highest BCUT2D eigenvalue weighted by molar-refractivity contribution is 5.96. The van der Waals surface area contributed by atoms with Crippen LogP contribution in [0.3, 0.4) is 0 Å². The fraction of sp³-hybridized carbons (Fsp3) is 0.263. The minimum absolute atomic E-state index is 0.0907. The zero-order valence-corrected chi connectivity index (χ0v) is 13.8. The number of unbranched alkanes of at least 4 members (excludes halogenated alkanes) is 1. The maximum absolute atomic E-state index is 11.9. The number of benzene rings is 2. The average molecular weight is 325 g/mol. The molecule has 0 atom stereocenters. The molecule has 24 heavy (non-hydrogen) atoms. The number of carbonyl (C=O) groups excluding carboxylic acids is 2. The number of nitrogens with one attached hydrogen (secondary N) is 3. The molecule has 2 aromatic carbocycles. The Kier molecular flexibility index (Phi) is 6.83. The number of amides is 2. The molecule has 5 nitrogen and oxygen atoms in total. The van der Waals surface area contributed by atoms with Crippen molar-refractivity contribution in [2.75, 3.05) is 23.7 Å². The smallest absolute Gasteiger partial charge is 0.251 e. The Labute approximate surface area is 142 Å². The van der Waals surface area contributed by atoms with E-state index in [4.69, 9.17) is 0 Å². The van der Waals surface area contributed by atoms with Gasteiger partial charge in [-0.05, 0) is 42.8 Å². The zero-order chi connectivity index (χ0) is 17.2. The average Bonchev–Trinajstić information content (AvgIpc) is 2.61. The van der Waals surface area contributed by atoms with Gasteiger partial charge in [-0.15, -0.1) is 0 Å². The summed E-state index contributed by atoms with van der Waals surface area (Å²) in [5.41, 5.74) is 2.15. The van der Waals surface area contributed by atoms with Gasteiger partial charge in [0.1, 0.15) is 0 Å². The van der Waals surface area contributed by atoms with Crippen molar-refractivity contribution < 1.29 is 9.59 Å². The molecule has 0 aliphatic carbocycles. The Morgan fingerprint density at radius 3 is 2.29 bits per heavy atom. The van der Waals surface area contributed by atoms with Gasteiger partial charge in [-0.25, -0.2) is 0 Å². The van der Waals surface area contributed by atoms with Crippen molar-refractivity contribution in [3.8, 4) is 0 Å². The van der Waals surface area contributed by atoms with Crippen molar-refractivity contribution in [3.63, 3.8) is 0 Å². The first-order valence-electron chi connectivity index (χ1n) is 8.16. The summed E-state index contributed by atoms with van der Waals surface area (Å²) in [6.07, 6.45) is 2.01. The Morgan fingerprint density at radius 2 is 1.62 bits per heavy atom. The van der Waals surface area contributed by atoms with E-state index < -0.39 is 0 Å². The first-order valence-corrected chi connectivity index (χ1v) is 8.16. The molecule has 0 bridgehead atoms. The molecule has 2 amide bonds. The summed E-state index contributed by atoms with van der Waals surface area (Å²) in [5.74, 6) is -0.230. The van der Waals surface area contributed by atoms with Crippen molar-refractivity contribution in [3.05, 3.63) is 60.2 Å². The Balaban J connectivity index is 1.80. The van der Waals surface area contributed by atoms with Crippen molar-refractivity contribution in [1.29, 1.82) is 0 Å². The quantitative estimate of drug-likeness (QED) is 0.652. The largest absolute Gasteiger partial charge is 0.376 e. The van der Waals surface area contributed by atoms with Gasteiger partial charge in [0.2, 0.25) is 5.91 Å². The molecule has 0 spiro atoms. The van der Waals surface area contributed by atoms with Crippen molar-refractivity contribution >= 4 is 23.2 Å². The highest BCUT2D eigenvalue weighted by Crippen LogP contribution is 2.10. The first-order chi connectivity index (χ1) is 11.7. The number of para-hydroxylation sites is 1. The van der Waals surface area contributed by atoms with Crippen LogP contribution in [0.4, 0.5) is 11.4 Å². The van der Waals surface area contributed by atoms with Crippen LogP contribution in [0, 0.1) is 0 Å². The van der Waals surface area contributed by atoms with Crippen molar-refractivity contribution in [1.82, 2.24) is 5.32 Å². The lowest BCUT2D eigenvalue weighted by molar-refractivity contribution is -0.114. The van der Waals surface area contributed by atoms with Gasteiger partial charge in [0.05, 0.1) is 6.54 Å². The molecular weight excluding hydrogens is 302 g/mol. The van der Waals surface area contributed by atoms with E-state index in [9.17, 15) is 9.59 Å². The lowest BCUT2D eigenvalue weighted by Gasteiger charge is -2.09. The molecule has 2 rings (SSSR count). The molecule has 2 aromatic rings. The van der Waals surface area contributed by atoms with Crippen LogP contribution in [0.1, 0.15) is 30.1 Å². The van der Waals surface area contributed by atoms with Gasteiger partial charge in [-0.3, -0.25) is 9.59 Å². The van der Waals surface area contributed by atoms with Crippen LogP contribution in [0.5, 0.6) is 0 Å². The highest BCUT2D eigenvalue weighted by Gasteiger charge is 2.06. The Bertz CT molecular complexity index is 654. The van der Waals surface area contributed by atoms with Crippen LogP contribution in [-0.4, -0.2) is 24.9 Å². The lowest BCUT2D eigenvalue weighted by Crippen LogP contribution is -2.24. The molecule has 0 aromatic heterocycles. The van der Waals surface area contributed by atoms with Crippen LogP contribution >= 0.6 is 0 Å². The summed E-state index contributed by atoms with van der Waals surface area (Å²) in [5, 5.41) is 8.71. The normalized spacial score (nSPS) is 10.0. The standard InChI is InChI=1S/C19H23N3O2/c1-2-3-13-20-19(24)15-9-11-17(12-10-15)22-18(23)14-21-16-7-5-4-6-8-16/h4-12,21H,2-3,13-14H2,1H3,(H,20,24)(H,22,23). The van der Waals surface area contributed by atoms with E-state index >= 15 is 0 Å². The molecule has 126 valence electrons. The van der Waals surface area contributed by atoms with Crippen LogP contribution in [-0.2, 0) is 4.79 Å². The summed E-state index contributed by atoms with van der Waals surface area (Å²) in [7, 11) is 0. The summed E-state index contributed by atoms with van der Waals surface area (Å²) >= 11 is 0. The summed E-state index contributed by atoms with van der Waals surface area (Å²) in [6.45, 7) is 2.94. The monoisotopic (exact) mass is 325 g/mol. The second kappa shape index (κ2) is 9.35. The number of hydrogen-bond donors (Lipinski definition) is 3. The van der Waals surface area contributed by atoms with E-state index in [1.54, 1.807) is 24.3 Å². The molecule has 0 saturated carbocycles. The van der Waals surface area contributed by atoms with E-state index in [1.807, 2.05) is 30.3 Å². The molecule has 0 radical (unpaired) electrons. The van der Waals surface area contributed by atoms with Gasteiger partial charge < -0.3 is 16.0 Å². The first kappa shape index (κ1) is 17.5. The molecule has 0 fully saturated rings. The van der Waals surface area contributed by atoms with E-state index in [1.165, 1.54) is 0 Å². The van der Waals surface area contributed by atoms with Gasteiger partial charge in [-0.2, -0.15) is 0 Å². The lowest BCUT2D eigenvalue weighted by atomic mass is 10.2. The topological polar surface area (TPSA) is 70.2 Å². The van der Waals surface area contributed by atoms with Crippen molar-refractivity contribution in [2.24, 2.45) is 0 Å². The van der Waals surface area contributed by atoms with Gasteiger partial charge in [-0.1, -0.05) is 31.5 Å². The van der Waals surface area contributed by atoms with E-state index in [2.05, 4.69) is 22.9 Å². The van der Waals surface area contributed by atoms with Crippen LogP contribution in [0.2, 0.25) is 0 Å².